The van der Waals surface area contributed by atoms with Gasteiger partial charge in [0.25, 0.3) is 0 Å². The predicted molar refractivity (Wildman–Crippen MR) is 110 cm³/mol. The number of aromatic amines is 1. The number of hydrogen-bond donors (Lipinski definition) is 2. The fraction of sp³-hybridized carbons (Fsp3) is 0.190. The minimum Gasteiger partial charge on any atom is -0.378 e. The molecular formula is C21H19FN6O. The number of ether oxygens (including phenoxy) is 1. The first-order chi connectivity index (χ1) is 14.3. The third-order valence-corrected chi connectivity index (χ3v) is 4.95. The van der Waals surface area contributed by atoms with Gasteiger partial charge < -0.3 is 19.9 Å². The molecule has 4 heterocycles. The Morgan fingerprint density at radius 3 is 2.62 bits per heavy atom. The Bertz CT molecular complexity index is 1140. The number of morpholine rings is 1. The van der Waals surface area contributed by atoms with E-state index in [0.717, 1.165) is 37.7 Å². The van der Waals surface area contributed by atoms with Crippen molar-refractivity contribution in [3.8, 4) is 11.3 Å². The van der Waals surface area contributed by atoms with Crippen LogP contribution in [0.5, 0.6) is 0 Å². The lowest BCUT2D eigenvalue weighted by Crippen LogP contribution is -2.36. The zero-order valence-electron chi connectivity index (χ0n) is 15.6. The second-order valence-electron chi connectivity index (χ2n) is 6.76. The Labute approximate surface area is 166 Å². The molecule has 1 aliphatic heterocycles. The minimum atomic E-state index is -0.335. The first-order valence-electron chi connectivity index (χ1n) is 9.43. The van der Waals surface area contributed by atoms with Crippen LogP contribution in [-0.4, -0.2) is 46.2 Å². The second kappa shape index (κ2) is 7.48. The van der Waals surface area contributed by atoms with E-state index < -0.39 is 0 Å². The Morgan fingerprint density at radius 1 is 1.00 bits per heavy atom. The number of nitrogens with zero attached hydrogens (tertiary/aromatic N) is 4. The minimum absolute atomic E-state index is 0.335. The molecule has 3 aromatic heterocycles. The van der Waals surface area contributed by atoms with Crippen molar-refractivity contribution in [1.29, 1.82) is 0 Å². The Hall–Kier alpha value is -3.52. The van der Waals surface area contributed by atoms with Gasteiger partial charge in [0.2, 0.25) is 5.95 Å². The summed E-state index contributed by atoms with van der Waals surface area (Å²) >= 11 is 0. The van der Waals surface area contributed by atoms with Gasteiger partial charge in [-0.25, -0.2) is 19.3 Å². The van der Waals surface area contributed by atoms with E-state index in [1.807, 2.05) is 12.1 Å². The van der Waals surface area contributed by atoms with Gasteiger partial charge in [-0.3, -0.25) is 0 Å². The molecule has 0 unspecified atom stereocenters. The van der Waals surface area contributed by atoms with Crippen LogP contribution in [0, 0.1) is 5.82 Å². The standard InChI is InChI=1S/C21H19FN6O/c22-17-5-7-23-20-19(17)16(13-25-20)18-6-8-24-21(27-18)26-14-1-3-15(4-2-14)28-9-11-29-12-10-28/h1-8,13H,9-12H2,(H,23,25)(H,24,26,27). The predicted octanol–water partition coefficient (Wildman–Crippen LogP) is 3.74. The van der Waals surface area contributed by atoms with Crippen LogP contribution in [0.25, 0.3) is 22.3 Å². The van der Waals surface area contributed by atoms with E-state index in [1.165, 1.54) is 12.3 Å². The van der Waals surface area contributed by atoms with Gasteiger partial charge in [0.05, 0.1) is 24.3 Å². The van der Waals surface area contributed by atoms with Gasteiger partial charge in [0, 0.05) is 48.6 Å². The highest BCUT2D eigenvalue weighted by molar-refractivity contribution is 5.93. The van der Waals surface area contributed by atoms with Gasteiger partial charge in [0.15, 0.2) is 0 Å². The quantitative estimate of drug-likeness (QED) is 0.553. The highest BCUT2D eigenvalue weighted by Crippen LogP contribution is 2.29. The number of hydrogen-bond acceptors (Lipinski definition) is 6. The molecular weight excluding hydrogens is 371 g/mol. The van der Waals surface area contributed by atoms with Crippen molar-refractivity contribution in [3.05, 3.63) is 60.8 Å². The molecule has 4 aromatic rings. The molecule has 0 spiro atoms. The van der Waals surface area contributed by atoms with Crippen molar-refractivity contribution in [2.45, 2.75) is 0 Å². The molecule has 146 valence electrons. The maximum Gasteiger partial charge on any atom is 0.227 e. The molecule has 1 fully saturated rings. The van der Waals surface area contributed by atoms with Gasteiger partial charge in [-0.05, 0) is 36.4 Å². The van der Waals surface area contributed by atoms with Gasteiger partial charge in [0.1, 0.15) is 11.5 Å². The van der Waals surface area contributed by atoms with E-state index in [-0.39, 0.29) is 5.82 Å². The molecule has 0 radical (unpaired) electrons. The molecule has 0 saturated carbocycles. The zero-order valence-corrected chi connectivity index (χ0v) is 15.6. The lowest BCUT2D eigenvalue weighted by molar-refractivity contribution is 0.122. The fourth-order valence-corrected chi connectivity index (χ4v) is 3.49. The largest absolute Gasteiger partial charge is 0.378 e. The van der Waals surface area contributed by atoms with Crippen molar-refractivity contribution >= 4 is 28.4 Å². The molecule has 29 heavy (non-hydrogen) atoms. The number of aromatic nitrogens is 4. The van der Waals surface area contributed by atoms with Crippen LogP contribution in [-0.2, 0) is 4.74 Å². The summed E-state index contributed by atoms with van der Waals surface area (Å²) in [7, 11) is 0. The highest BCUT2D eigenvalue weighted by Gasteiger charge is 2.14. The average Bonchev–Trinajstić information content (AvgIpc) is 3.21. The first kappa shape index (κ1) is 17.6. The molecule has 2 N–H and O–H groups in total. The molecule has 1 aliphatic rings. The number of benzene rings is 1. The summed E-state index contributed by atoms with van der Waals surface area (Å²) in [5.74, 6) is 0.110. The zero-order chi connectivity index (χ0) is 19.6. The summed E-state index contributed by atoms with van der Waals surface area (Å²) in [6.07, 6.45) is 4.80. The van der Waals surface area contributed by atoms with Crippen LogP contribution in [0.4, 0.5) is 21.7 Å². The number of fused-ring (bicyclic) bond motifs is 1. The number of pyridine rings is 1. The molecule has 5 rings (SSSR count). The third-order valence-electron chi connectivity index (χ3n) is 4.95. The summed E-state index contributed by atoms with van der Waals surface area (Å²) in [4.78, 5) is 18.3. The summed E-state index contributed by atoms with van der Waals surface area (Å²) < 4.78 is 19.7. The Morgan fingerprint density at radius 2 is 1.79 bits per heavy atom. The van der Waals surface area contributed by atoms with Crippen molar-refractivity contribution in [2.24, 2.45) is 0 Å². The summed E-state index contributed by atoms with van der Waals surface area (Å²) in [6, 6.07) is 11.2. The smallest absolute Gasteiger partial charge is 0.227 e. The number of nitrogens with one attached hydrogen (secondary N) is 2. The Balaban J connectivity index is 1.39. The van der Waals surface area contributed by atoms with Gasteiger partial charge in [-0.15, -0.1) is 0 Å². The summed E-state index contributed by atoms with van der Waals surface area (Å²) in [5.41, 5.74) is 3.80. The van der Waals surface area contributed by atoms with Gasteiger partial charge in [-0.2, -0.15) is 0 Å². The SMILES string of the molecule is Fc1ccnc2[nH]cc(-c3ccnc(Nc4ccc(N5CCOCC5)cc4)n3)c12. The van der Waals surface area contributed by atoms with E-state index >= 15 is 0 Å². The topological polar surface area (TPSA) is 79.0 Å². The fourth-order valence-electron chi connectivity index (χ4n) is 3.49. The van der Waals surface area contributed by atoms with Crippen molar-refractivity contribution in [2.75, 3.05) is 36.5 Å². The summed E-state index contributed by atoms with van der Waals surface area (Å²) in [6.45, 7) is 3.30. The van der Waals surface area contributed by atoms with Crippen LogP contribution in [0.2, 0.25) is 0 Å². The van der Waals surface area contributed by atoms with Crippen molar-refractivity contribution in [3.63, 3.8) is 0 Å². The van der Waals surface area contributed by atoms with Gasteiger partial charge in [-0.1, -0.05) is 0 Å². The summed E-state index contributed by atoms with van der Waals surface area (Å²) in [5, 5.41) is 3.64. The molecule has 1 aromatic carbocycles. The van der Waals surface area contributed by atoms with Crippen molar-refractivity contribution in [1.82, 2.24) is 19.9 Å². The first-order valence-corrected chi connectivity index (χ1v) is 9.43. The lowest BCUT2D eigenvalue weighted by Gasteiger charge is -2.28. The van der Waals surface area contributed by atoms with Crippen LogP contribution in [0.1, 0.15) is 0 Å². The monoisotopic (exact) mass is 390 g/mol. The van der Waals surface area contributed by atoms with E-state index in [1.54, 1.807) is 18.5 Å². The number of halogens is 1. The normalized spacial score (nSPS) is 14.3. The van der Waals surface area contributed by atoms with E-state index in [9.17, 15) is 4.39 Å². The van der Waals surface area contributed by atoms with E-state index in [2.05, 4.69) is 42.3 Å². The number of anilines is 3. The maximum absolute atomic E-state index is 14.3. The Kier molecular flexibility index (Phi) is 4.53. The highest BCUT2D eigenvalue weighted by atomic mass is 19.1. The number of rotatable bonds is 4. The maximum atomic E-state index is 14.3. The van der Waals surface area contributed by atoms with E-state index in [0.29, 0.717) is 28.2 Å². The van der Waals surface area contributed by atoms with Crippen LogP contribution >= 0.6 is 0 Å². The number of H-pyrrole nitrogens is 1. The molecule has 1 saturated heterocycles. The molecule has 0 aliphatic carbocycles. The van der Waals surface area contributed by atoms with Crippen LogP contribution in [0.3, 0.4) is 0 Å². The lowest BCUT2D eigenvalue weighted by atomic mass is 10.1. The van der Waals surface area contributed by atoms with Gasteiger partial charge >= 0.3 is 0 Å². The molecule has 0 amide bonds. The third kappa shape index (κ3) is 3.50. The van der Waals surface area contributed by atoms with Crippen LogP contribution < -0.4 is 10.2 Å². The average molecular weight is 390 g/mol. The molecule has 7 nitrogen and oxygen atoms in total. The van der Waals surface area contributed by atoms with Crippen LogP contribution in [0.15, 0.2) is 55.0 Å². The van der Waals surface area contributed by atoms with E-state index in [4.69, 9.17) is 4.74 Å². The molecule has 8 heteroatoms. The van der Waals surface area contributed by atoms with Crippen molar-refractivity contribution < 1.29 is 9.13 Å². The second-order valence-corrected chi connectivity index (χ2v) is 6.76. The molecule has 0 atom stereocenters. The molecule has 0 bridgehead atoms.